The van der Waals surface area contributed by atoms with E-state index >= 15 is 0 Å². The smallest absolute Gasteiger partial charge is 0.324 e. The van der Waals surface area contributed by atoms with E-state index < -0.39 is 0 Å². The van der Waals surface area contributed by atoms with Gasteiger partial charge in [0.15, 0.2) is 0 Å². The third-order valence-electron chi connectivity index (χ3n) is 3.08. The molecule has 4 nitrogen and oxygen atoms in total. The van der Waals surface area contributed by atoms with Crippen molar-refractivity contribution < 1.29 is 9.59 Å². The van der Waals surface area contributed by atoms with Crippen LogP contribution in [-0.4, -0.2) is 29.9 Å². The van der Waals surface area contributed by atoms with Crippen molar-refractivity contribution in [3.05, 3.63) is 0 Å². The van der Waals surface area contributed by atoms with Crippen molar-refractivity contribution in [2.75, 3.05) is 7.05 Å². The molecule has 1 N–H and O–H groups in total. The molecule has 4 heteroatoms. The third kappa shape index (κ3) is 1.41. The molecule has 2 aliphatic rings. The number of carbonyl (C=O) groups is 2. The van der Waals surface area contributed by atoms with Crippen LogP contribution < -0.4 is 5.32 Å². The average molecular weight is 182 g/mol. The molecule has 3 amide bonds. The molecule has 2 fully saturated rings. The summed E-state index contributed by atoms with van der Waals surface area (Å²) in [6, 6.07) is 0.000741. The average Bonchev–Trinajstić information content (AvgIpc) is 2.47. The van der Waals surface area contributed by atoms with E-state index in [2.05, 4.69) is 5.32 Å². The van der Waals surface area contributed by atoms with Crippen LogP contribution in [0.3, 0.4) is 0 Å². The number of imide groups is 1. The first-order valence-corrected chi connectivity index (χ1v) is 4.75. The Balaban J connectivity index is 2.17. The van der Waals surface area contributed by atoms with Gasteiger partial charge in [-0.25, -0.2) is 4.79 Å². The van der Waals surface area contributed by atoms with Crippen molar-refractivity contribution in [1.29, 1.82) is 0 Å². The molecule has 1 heterocycles. The lowest BCUT2D eigenvalue weighted by Crippen LogP contribution is -2.41. The van der Waals surface area contributed by atoms with Crippen molar-refractivity contribution >= 4 is 11.9 Å². The lowest BCUT2D eigenvalue weighted by molar-refractivity contribution is -0.127. The van der Waals surface area contributed by atoms with Crippen LogP contribution in [0.5, 0.6) is 0 Å². The number of carbonyl (C=O) groups excluding carboxylic acids is 2. The Labute approximate surface area is 77.3 Å². The highest BCUT2D eigenvalue weighted by atomic mass is 16.2. The zero-order valence-electron chi connectivity index (χ0n) is 7.75. The molecule has 1 aliphatic carbocycles. The van der Waals surface area contributed by atoms with Crippen LogP contribution in [0.1, 0.15) is 25.7 Å². The van der Waals surface area contributed by atoms with Crippen LogP contribution in [-0.2, 0) is 4.79 Å². The predicted molar refractivity (Wildman–Crippen MR) is 47.0 cm³/mol. The van der Waals surface area contributed by atoms with Gasteiger partial charge in [0.05, 0.1) is 0 Å². The van der Waals surface area contributed by atoms with Gasteiger partial charge in [0.25, 0.3) is 0 Å². The number of amides is 3. The first kappa shape index (κ1) is 8.53. The summed E-state index contributed by atoms with van der Waals surface area (Å²) in [6.45, 7) is 0. The summed E-state index contributed by atoms with van der Waals surface area (Å²) in [5.74, 6) is 0.327. The largest absolute Gasteiger partial charge is 0.335 e. The number of nitrogens with zero attached hydrogens (tertiary/aromatic N) is 1. The van der Waals surface area contributed by atoms with E-state index in [4.69, 9.17) is 0 Å². The molecule has 1 saturated heterocycles. The quantitative estimate of drug-likeness (QED) is 0.600. The number of urea groups is 1. The molecule has 13 heavy (non-hydrogen) atoms. The molecule has 0 aromatic carbocycles. The number of hydrogen-bond donors (Lipinski definition) is 1. The SMILES string of the molecule is CN1C(=O)CC2CCCC2NC1=O. The molecular formula is C9H14N2O2. The highest BCUT2D eigenvalue weighted by Gasteiger charge is 2.35. The number of nitrogens with one attached hydrogen (secondary N) is 1. The van der Waals surface area contributed by atoms with Crippen LogP contribution in [0.4, 0.5) is 4.79 Å². The highest BCUT2D eigenvalue weighted by Crippen LogP contribution is 2.30. The maximum atomic E-state index is 11.4. The summed E-state index contributed by atoms with van der Waals surface area (Å²) in [6.07, 6.45) is 3.76. The maximum absolute atomic E-state index is 11.4. The second kappa shape index (κ2) is 3.01. The van der Waals surface area contributed by atoms with E-state index in [1.807, 2.05) is 0 Å². The Morgan fingerprint density at radius 3 is 2.92 bits per heavy atom. The zero-order chi connectivity index (χ0) is 9.42. The van der Waals surface area contributed by atoms with Crippen LogP contribution in [0.15, 0.2) is 0 Å². The maximum Gasteiger partial charge on any atom is 0.324 e. The molecule has 0 aromatic heterocycles. The fourth-order valence-electron chi connectivity index (χ4n) is 2.20. The van der Waals surface area contributed by atoms with Crippen LogP contribution >= 0.6 is 0 Å². The molecule has 72 valence electrons. The van der Waals surface area contributed by atoms with E-state index in [0.29, 0.717) is 12.3 Å². The molecule has 2 atom stereocenters. The summed E-state index contributed by atoms with van der Waals surface area (Å²) < 4.78 is 0. The minimum Gasteiger partial charge on any atom is -0.335 e. The van der Waals surface area contributed by atoms with E-state index in [-0.39, 0.29) is 18.0 Å². The number of hydrogen-bond acceptors (Lipinski definition) is 2. The van der Waals surface area contributed by atoms with E-state index in [9.17, 15) is 9.59 Å². The molecule has 1 saturated carbocycles. The Hall–Kier alpha value is -1.06. The van der Waals surface area contributed by atoms with Crippen molar-refractivity contribution in [2.45, 2.75) is 31.7 Å². The third-order valence-corrected chi connectivity index (χ3v) is 3.08. The lowest BCUT2D eigenvalue weighted by atomic mass is 10.00. The molecule has 1 aliphatic heterocycles. The van der Waals surface area contributed by atoms with Crippen molar-refractivity contribution in [2.24, 2.45) is 5.92 Å². The van der Waals surface area contributed by atoms with Gasteiger partial charge in [0.1, 0.15) is 0 Å². The molecule has 2 unspecified atom stereocenters. The monoisotopic (exact) mass is 182 g/mol. The van der Waals surface area contributed by atoms with E-state index in [0.717, 1.165) is 19.3 Å². The Morgan fingerprint density at radius 1 is 1.38 bits per heavy atom. The minimum atomic E-state index is -0.237. The molecule has 0 spiro atoms. The fraction of sp³-hybridized carbons (Fsp3) is 0.778. The fourth-order valence-corrected chi connectivity index (χ4v) is 2.20. The molecule has 0 bridgehead atoms. The van der Waals surface area contributed by atoms with Crippen LogP contribution in [0.25, 0.3) is 0 Å². The van der Waals surface area contributed by atoms with Crippen molar-refractivity contribution in [3.8, 4) is 0 Å². The van der Waals surface area contributed by atoms with Crippen molar-refractivity contribution in [1.82, 2.24) is 10.2 Å². The highest BCUT2D eigenvalue weighted by molar-refractivity contribution is 5.95. The molecule has 0 radical (unpaired) electrons. The van der Waals surface area contributed by atoms with Crippen molar-refractivity contribution in [3.63, 3.8) is 0 Å². The summed E-state index contributed by atoms with van der Waals surface area (Å²) in [5.41, 5.74) is 0. The van der Waals surface area contributed by atoms with Crippen LogP contribution in [0, 0.1) is 5.92 Å². The standard InChI is InChI=1S/C9H14N2O2/c1-11-8(12)5-6-3-2-4-7(6)10-9(11)13/h6-7H,2-5H2,1H3,(H,10,13). The Kier molecular flexibility index (Phi) is 1.98. The topological polar surface area (TPSA) is 49.4 Å². The summed E-state index contributed by atoms with van der Waals surface area (Å²) in [4.78, 5) is 24.0. The van der Waals surface area contributed by atoms with E-state index in [1.165, 1.54) is 4.90 Å². The minimum absolute atomic E-state index is 0.0492. The van der Waals surface area contributed by atoms with Gasteiger partial charge in [0.2, 0.25) is 5.91 Å². The Morgan fingerprint density at radius 2 is 2.15 bits per heavy atom. The van der Waals surface area contributed by atoms with Gasteiger partial charge in [-0.2, -0.15) is 0 Å². The van der Waals surface area contributed by atoms with Gasteiger partial charge in [-0.15, -0.1) is 0 Å². The number of fused-ring (bicyclic) bond motifs is 1. The van der Waals surface area contributed by atoms with Gasteiger partial charge in [-0.1, -0.05) is 6.42 Å². The summed E-state index contributed by atoms with van der Waals surface area (Å²) in [5, 5.41) is 2.89. The summed E-state index contributed by atoms with van der Waals surface area (Å²) in [7, 11) is 1.54. The second-order valence-corrected chi connectivity index (χ2v) is 3.90. The van der Waals surface area contributed by atoms with Gasteiger partial charge >= 0.3 is 6.03 Å². The van der Waals surface area contributed by atoms with Crippen LogP contribution in [0.2, 0.25) is 0 Å². The van der Waals surface area contributed by atoms with E-state index in [1.54, 1.807) is 7.05 Å². The van der Waals surface area contributed by atoms with Gasteiger partial charge in [-0.05, 0) is 18.8 Å². The van der Waals surface area contributed by atoms with Gasteiger partial charge in [-0.3, -0.25) is 9.69 Å². The zero-order valence-corrected chi connectivity index (χ0v) is 7.75. The molecule has 0 aromatic rings. The Bertz CT molecular complexity index is 228. The first-order valence-electron chi connectivity index (χ1n) is 4.75. The second-order valence-electron chi connectivity index (χ2n) is 3.90. The van der Waals surface area contributed by atoms with Gasteiger partial charge < -0.3 is 5.32 Å². The summed E-state index contributed by atoms with van der Waals surface area (Å²) >= 11 is 0. The lowest BCUT2D eigenvalue weighted by Gasteiger charge is -2.15. The molecule has 2 rings (SSSR count). The molecular weight excluding hydrogens is 168 g/mol. The number of rotatable bonds is 0. The normalized spacial score (nSPS) is 34.1. The predicted octanol–water partition coefficient (Wildman–Crippen LogP) is 0.727. The first-order chi connectivity index (χ1) is 6.18. The van der Waals surface area contributed by atoms with Gasteiger partial charge in [0, 0.05) is 19.5 Å².